The molecule has 1 aliphatic carbocycles. The lowest BCUT2D eigenvalue weighted by molar-refractivity contribution is 0.0889. The molecule has 0 bridgehead atoms. The lowest BCUT2D eigenvalue weighted by atomic mass is 9.82. The smallest absolute Gasteiger partial charge is 0.166 e. The molecule has 19 heavy (non-hydrogen) atoms. The van der Waals surface area contributed by atoms with Crippen LogP contribution in [0.1, 0.15) is 60.5 Å². The molecule has 0 aliphatic heterocycles. The molecule has 0 saturated heterocycles. The lowest BCUT2D eigenvalue weighted by Gasteiger charge is -2.22. The molecule has 2 nitrogen and oxygen atoms in total. The van der Waals surface area contributed by atoms with Crippen LogP contribution in [0.5, 0.6) is 5.75 Å². The van der Waals surface area contributed by atoms with Crippen molar-refractivity contribution >= 4 is 5.78 Å². The fourth-order valence-electron chi connectivity index (χ4n) is 2.96. The Labute approximate surface area is 116 Å². The molecular formula is C17H24O2. The zero-order chi connectivity index (χ0) is 13.8. The van der Waals surface area contributed by atoms with E-state index in [0.29, 0.717) is 12.4 Å². The molecule has 1 fully saturated rings. The molecule has 2 rings (SSSR count). The number of carbonyl (C=O) groups is 1. The summed E-state index contributed by atoms with van der Waals surface area (Å²) >= 11 is 0. The van der Waals surface area contributed by atoms with Gasteiger partial charge in [0, 0.05) is 11.5 Å². The number of benzene rings is 1. The van der Waals surface area contributed by atoms with Crippen LogP contribution in [0.25, 0.3) is 0 Å². The van der Waals surface area contributed by atoms with Gasteiger partial charge in [0.15, 0.2) is 5.78 Å². The predicted octanol–water partition coefficient (Wildman–Crippen LogP) is 4.47. The van der Waals surface area contributed by atoms with E-state index in [0.717, 1.165) is 35.3 Å². The van der Waals surface area contributed by atoms with Gasteiger partial charge in [0.2, 0.25) is 0 Å². The highest BCUT2D eigenvalue weighted by molar-refractivity contribution is 5.99. The van der Waals surface area contributed by atoms with Gasteiger partial charge in [-0.1, -0.05) is 19.3 Å². The number of rotatable bonds is 4. The van der Waals surface area contributed by atoms with Crippen molar-refractivity contribution < 1.29 is 9.53 Å². The van der Waals surface area contributed by atoms with Crippen molar-refractivity contribution in [2.24, 2.45) is 5.92 Å². The Morgan fingerprint density at radius 3 is 2.47 bits per heavy atom. The maximum atomic E-state index is 12.6. The molecule has 1 saturated carbocycles. The van der Waals surface area contributed by atoms with Crippen molar-refractivity contribution in [3.8, 4) is 5.75 Å². The molecule has 0 heterocycles. The van der Waals surface area contributed by atoms with Crippen LogP contribution in [0, 0.1) is 19.8 Å². The van der Waals surface area contributed by atoms with Gasteiger partial charge in [-0.3, -0.25) is 4.79 Å². The van der Waals surface area contributed by atoms with Crippen molar-refractivity contribution in [1.29, 1.82) is 0 Å². The number of ketones is 1. The molecule has 1 aliphatic rings. The lowest BCUT2D eigenvalue weighted by Crippen LogP contribution is -2.19. The SMILES string of the molecule is CCOc1ccc(C(=O)C2CCCCC2)c(C)c1C. The number of carbonyl (C=O) groups excluding carboxylic acids is 1. The van der Waals surface area contributed by atoms with E-state index < -0.39 is 0 Å². The van der Waals surface area contributed by atoms with Gasteiger partial charge in [0.25, 0.3) is 0 Å². The summed E-state index contributed by atoms with van der Waals surface area (Å²) in [5.41, 5.74) is 3.08. The van der Waals surface area contributed by atoms with Crippen molar-refractivity contribution in [3.05, 3.63) is 28.8 Å². The largest absolute Gasteiger partial charge is 0.494 e. The number of ether oxygens (including phenoxy) is 1. The minimum atomic E-state index is 0.241. The van der Waals surface area contributed by atoms with Crippen LogP contribution in [-0.4, -0.2) is 12.4 Å². The molecule has 0 spiro atoms. The monoisotopic (exact) mass is 260 g/mol. The second-order valence-corrected chi connectivity index (χ2v) is 5.49. The first-order valence-corrected chi connectivity index (χ1v) is 7.42. The second kappa shape index (κ2) is 6.23. The summed E-state index contributed by atoms with van der Waals surface area (Å²) < 4.78 is 5.59. The number of hydrogen-bond donors (Lipinski definition) is 0. The highest BCUT2D eigenvalue weighted by atomic mass is 16.5. The molecule has 2 heteroatoms. The zero-order valence-corrected chi connectivity index (χ0v) is 12.3. The van der Waals surface area contributed by atoms with E-state index in [1.54, 1.807) is 0 Å². The highest BCUT2D eigenvalue weighted by Gasteiger charge is 2.24. The Morgan fingerprint density at radius 1 is 1.16 bits per heavy atom. The van der Waals surface area contributed by atoms with Gasteiger partial charge in [0.05, 0.1) is 6.61 Å². The quantitative estimate of drug-likeness (QED) is 0.747. The predicted molar refractivity (Wildman–Crippen MR) is 78.0 cm³/mol. The van der Waals surface area contributed by atoms with E-state index in [9.17, 15) is 4.79 Å². The molecule has 0 radical (unpaired) electrons. The fourth-order valence-corrected chi connectivity index (χ4v) is 2.96. The van der Waals surface area contributed by atoms with Gasteiger partial charge in [-0.05, 0) is 56.9 Å². The van der Waals surface area contributed by atoms with Crippen molar-refractivity contribution in [2.75, 3.05) is 6.61 Å². The van der Waals surface area contributed by atoms with E-state index >= 15 is 0 Å². The maximum absolute atomic E-state index is 12.6. The minimum Gasteiger partial charge on any atom is -0.494 e. The summed E-state index contributed by atoms with van der Waals surface area (Å²) in [6, 6.07) is 3.89. The maximum Gasteiger partial charge on any atom is 0.166 e. The van der Waals surface area contributed by atoms with Gasteiger partial charge in [-0.25, -0.2) is 0 Å². The third-order valence-electron chi connectivity index (χ3n) is 4.28. The molecule has 0 unspecified atom stereocenters. The Morgan fingerprint density at radius 2 is 1.84 bits per heavy atom. The first-order chi connectivity index (χ1) is 9.15. The molecular weight excluding hydrogens is 236 g/mol. The minimum absolute atomic E-state index is 0.241. The van der Waals surface area contributed by atoms with Crippen LogP contribution in [0.3, 0.4) is 0 Å². The van der Waals surface area contributed by atoms with E-state index in [1.807, 2.05) is 32.9 Å². The molecule has 0 aromatic heterocycles. The normalized spacial score (nSPS) is 16.4. The Balaban J connectivity index is 2.24. The fraction of sp³-hybridized carbons (Fsp3) is 0.588. The Kier molecular flexibility index (Phi) is 4.62. The molecule has 104 valence electrons. The summed E-state index contributed by atoms with van der Waals surface area (Å²) in [5, 5.41) is 0. The summed E-state index contributed by atoms with van der Waals surface area (Å²) in [7, 11) is 0. The number of hydrogen-bond acceptors (Lipinski definition) is 2. The summed E-state index contributed by atoms with van der Waals surface area (Å²) in [4.78, 5) is 12.6. The van der Waals surface area contributed by atoms with Crippen LogP contribution in [0.15, 0.2) is 12.1 Å². The van der Waals surface area contributed by atoms with E-state index in [2.05, 4.69) is 0 Å². The topological polar surface area (TPSA) is 26.3 Å². The molecule has 0 atom stereocenters. The van der Waals surface area contributed by atoms with E-state index in [4.69, 9.17) is 4.74 Å². The Hall–Kier alpha value is -1.31. The van der Waals surface area contributed by atoms with E-state index in [-0.39, 0.29) is 5.92 Å². The molecule has 1 aromatic carbocycles. The van der Waals surface area contributed by atoms with Crippen LogP contribution in [0.2, 0.25) is 0 Å². The van der Waals surface area contributed by atoms with Gasteiger partial charge in [-0.2, -0.15) is 0 Å². The summed E-state index contributed by atoms with van der Waals surface area (Å²) in [6.07, 6.45) is 5.80. The second-order valence-electron chi connectivity index (χ2n) is 5.49. The van der Waals surface area contributed by atoms with Crippen molar-refractivity contribution in [2.45, 2.75) is 52.9 Å². The van der Waals surface area contributed by atoms with Crippen LogP contribution < -0.4 is 4.74 Å². The van der Waals surface area contributed by atoms with Crippen LogP contribution >= 0.6 is 0 Å². The van der Waals surface area contributed by atoms with E-state index in [1.165, 1.54) is 19.3 Å². The summed E-state index contributed by atoms with van der Waals surface area (Å²) in [5.74, 6) is 1.48. The van der Waals surface area contributed by atoms with Gasteiger partial charge in [-0.15, -0.1) is 0 Å². The van der Waals surface area contributed by atoms with Crippen molar-refractivity contribution in [1.82, 2.24) is 0 Å². The van der Waals surface area contributed by atoms with Crippen LogP contribution in [0.4, 0.5) is 0 Å². The standard InChI is InChI=1S/C17H24O2/c1-4-19-16-11-10-15(12(2)13(16)3)17(18)14-8-6-5-7-9-14/h10-11,14H,4-9H2,1-3H3. The first kappa shape index (κ1) is 14.1. The summed E-state index contributed by atoms with van der Waals surface area (Å²) in [6.45, 7) is 6.72. The number of Topliss-reactive ketones (excluding diaryl/α,β-unsaturated/α-hetero) is 1. The highest BCUT2D eigenvalue weighted by Crippen LogP contribution is 2.31. The van der Waals surface area contributed by atoms with Gasteiger partial charge >= 0.3 is 0 Å². The van der Waals surface area contributed by atoms with Gasteiger partial charge < -0.3 is 4.74 Å². The van der Waals surface area contributed by atoms with Crippen molar-refractivity contribution in [3.63, 3.8) is 0 Å². The molecule has 0 N–H and O–H groups in total. The molecule has 1 aromatic rings. The molecule has 0 amide bonds. The van der Waals surface area contributed by atoms with Gasteiger partial charge in [0.1, 0.15) is 5.75 Å². The first-order valence-electron chi connectivity index (χ1n) is 7.42. The third kappa shape index (κ3) is 2.99. The third-order valence-corrected chi connectivity index (χ3v) is 4.28. The Bertz CT molecular complexity index is 457. The zero-order valence-electron chi connectivity index (χ0n) is 12.3. The average molecular weight is 260 g/mol. The van der Waals surface area contributed by atoms with Crippen LogP contribution in [-0.2, 0) is 0 Å². The average Bonchev–Trinajstić information content (AvgIpc) is 2.45.